The smallest absolute Gasteiger partial charge is 0.314 e. The van der Waals surface area contributed by atoms with Crippen LogP contribution in [0.1, 0.15) is 36.8 Å². The van der Waals surface area contributed by atoms with Crippen molar-refractivity contribution in [3.63, 3.8) is 0 Å². The summed E-state index contributed by atoms with van der Waals surface area (Å²) in [6.45, 7) is 2.38. The number of hydrogen-bond acceptors (Lipinski definition) is 2. The topological polar surface area (TPSA) is 57.6 Å². The second-order valence-corrected chi connectivity index (χ2v) is 6.82. The van der Waals surface area contributed by atoms with Gasteiger partial charge in [0.25, 0.3) is 0 Å². The molecule has 0 aromatic heterocycles. The molecule has 1 saturated heterocycles. The predicted octanol–water partition coefficient (Wildman–Crippen LogP) is 3.57. The van der Waals surface area contributed by atoms with Crippen molar-refractivity contribution in [3.8, 4) is 0 Å². The van der Waals surface area contributed by atoms with Crippen molar-refractivity contribution in [1.29, 1.82) is 0 Å². The van der Waals surface area contributed by atoms with Crippen LogP contribution in [0.15, 0.2) is 54.6 Å². The Morgan fingerprint density at radius 2 is 1.62 bits per heavy atom. The molecule has 1 atom stereocenters. The molecular formula is C21H22FNO3. The molecule has 0 aliphatic carbocycles. The molecule has 2 aromatic rings. The molecule has 0 spiro atoms. The molecule has 1 N–H and O–H groups in total. The number of carboxylic acids is 1. The Bertz CT molecular complexity index is 798. The fourth-order valence-electron chi connectivity index (χ4n) is 3.73. The molecule has 0 unspecified atom stereocenters. The molecular weight excluding hydrogens is 333 g/mol. The predicted molar refractivity (Wildman–Crippen MR) is 96.4 cm³/mol. The lowest BCUT2D eigenvalue weighted by molar-refractivity contribution is -0.148. The van der Waals surface area contributed by atoms with Gasteiger partial charge < -0.3 is 10.0 Å². The molecule has 0 saturated carbocycles. The van der Waals surface area contributed by atoms with Gasteiger partial charge in [-0.05, 0) is 37.0 Å². The Hall–Kier alpha value is -2.69. The number of halogens is 1. The highest BCUT2D eigenvalue weighted by Crippen LogP contribution is 2.36. The summed E-state index contributed by atoms with van der Waals surface area (Å²) in [5, 5.41) is 9.84. The summed E-state index contributed by atoms with van der Waals surface area (Å²) in [6, 6.07) is 15.4. The normalized spacial score (nSPS) is 17.5. The highest BCUT2D eigenvalue weighted by atomic mass is 19.1. The van der Waals surface area contributed by atoms with Crippen molar-refractivity contribution >= 4 is 11.9 Å². The number of carboxylic acid groups (broad SMARTS) is 1. The maximum atomic E-state index is 14.0. The van der Waals surface area contributed by atoms with Crippen LogP contribution < -0.4 is 0 Å². The van der Waals surface area contributed by atoms with E-state index in [1.807, 2.05) is 30.3 Å². The second kappa shape index (κ2) is 7.28. The van der Waals surface area contributed by atoms with Gasteiger partial charge in [0.2, 0.25) is 5.91 Å². The molecule has 1 aliphatic heterocycles. The molecule has 1 aliphatic rings. The fourth-order valence-corrected chi connectivity index (χ4v) is 3.73. The first-order chi connectivity index (χ1) is 12.5. The average molecular weight is 355 g/mol. The van der Waals surface area contributed by atoms with Crippen molar-refractivity contribution in [2.45, 2.75) is 31.1 Å². The van der Waals surface area contributed by atoms with Gasteiger partial charge in [-0.2, -0.15) is 0 Å². The first kappa shape index (κ1) is 18.1. The molecule has 1 amide bonds. The highest BCUT2D eigenvalue weighted by Gasteiger charge is 2.44. The van der Waals surface area contributed by atoms with Crippen LogP contribution in [-0.4, -0.2) is 35.0 Å². The SMILES string of the molecule is C[C@@H](C(=O)N1CCC(C(=O)O)(c2ccccc2)CC1)c1ccccc1F. The number of amides is 1. The largest absolute Gasteiger partial charge is 0.481 e. The van der Waals surface area contributed by atoms with Gasteiger partial charge in [-0.25, -0.2) is 4.39 Å². The number of piperidine rings is 1. The van der Waals surface area contributed by atoms with E-state index < -0.39 is 23.1 Å². The van der Waals surface area contributed by atoms with E-state index in [0.29, 0.717) is 31.5 Å². The first-order valence-electron chi connectivity index (χ1n) is 8.78. The van der Waals surface area contributed by atoms with Gasteiger partial charge in [0.15, 0.2) is 0 Å². The van der Waals surface area contributed by atoms with Gasteiger partial charge in [0.1, 0.15) is 5.82 Å². The number of hydrogen-bond donors (Lipinski definition) is 1. The van der Waals surface area contributed by atoms with Crippen molar-refractivity contribution in [2.24, 2.45) is 0 Å². The minimum absolute atomic E-state index is 0.165. The zero-order chi connectivity index (χ0) is 18.7. The maximum absolute atomic E-state index is 14.0. The third kappa shape index (κ3) is 3.21. The van der Waals surface area contributed by atoms with Gasteiger partial charge in [-0.1, -0.05) is 48.5 Å². The minimum Gasteiger partial charge on any atom is -0.481 e. The summed E-state index contributed by atoms with van der Waals surface area (Å²) in [5.41, 5.74) is 0.164. The Morgan fingerprint density at radius 1 is 1.04 bits per heavy atom. The standard InChI is InChI=1S/C21H22FNO3/c1-15(17-9-5-6-10-18(17)22)19(24)23-13-11-21(12-14-23,20(25)26)16-7-3-2-4-8-16/h2-10,15H,11-14H2,1H3,(H,25,26)/t15-/m1/s1. The van der Waals surface area contributed by atoms with Crippen LogP contribution in [-0.2, 0) is 15.0 Å². The number of benzene rings is 2. The number of rotatable bonds is 4. The van der Waals surface area contributed by atoms with Crippen LogP contribution in [0.2, 0.25) is 0 Å². The third-order valence-corrected chi connectivity index (χ3v) is 5.41. The van der Waals surface area contributed by atoms with Gasteiger partial charge in [0.05, 0.1) is 11.3 Å². The second-order valence-electron chi connectivity index (χ2n) is 6.82. The number of carbonyl (C=O) groups is 2. The summed E-state index contributed by atoms with van der Waals surface area (Å²) in [7, 11) is 0. The number of likely N-dealkylation sites (tertiary alicyclic amines) is 1. The molecule has 1 heterocycles. The van der Waals surface area contributed by atoms with E-state index >= 15 is 0 Å². The average Bonchev–Trinajstić information content (AvgIpc) is 2.68. The van der Waals surface area contributed by atoms with E-state index in [9.17, 15) is 19.1 Å². The molecule has 1 fully saturated rings. The molecule has 0 radical (unpaired) electrons. The molecule has 2 aromatic carbocycles. The summed E-state index contributed by atoms with van der Waals surface area (Å²) in [5.74, 6) is -2.01. The zero-order valence-corrected chi connectivity index (χ0v) is 14.7. The summed E-state index contributed by atoms with van der Waals surface area (Å²) in [4.78, 5) is 26.4. The van der Waals surface area contributed by atoms with Crippen molar-refractivity contribution in [1.82, 2.24) is 4.90 Å². The maximum Gasteiger partial charge on any atom is 0.314 e. The lowest BCUT2D eigenvalue weighted by Gasteiger charge is -2.40. The fraction of sp³-hybridized carbons (Fsp3) is 0.333. The molecule has 3 rings (SSSR count). The van der Waals surface area contributed by atoms with Crippen LogP contribution in [0.5, 0.6) is 0 Å². The highest BCUT2D eigenvalue weighted by molar-refractivity contribution is 5.85. The Balaban J connectivity index is 1.76. The van der Waals surface area contributed by atoms with E-state index in [1.54, 1.807) is 30.0 Å². The first-order valence-corrected chi connectivity index (χ1v) is 8.78. The lowest BCUT2D eigenvalue weighted by Crippen LogP contribution is -2.49. The van der Waals surface area contributed by atoms with Gasteiger partial charge in [-0.15, -0.1) is 0 Å². The van der Waals surface area contributed by atoms with E-state index in [-0.39, 0.29) is 5.91 Å². The Labute approximate surface area is 152 Å². The third-order valence-electron chi connectivity index (χ3n) is 5.41. The van der Waals surface area contributed by atoms with Crippen LogP contribution in [0.4, 0.5) is 4.39 Å². The monoisotopic (exact) mass is 355 g/mol. The molecule has 26 heavy (non-hydrogen) atoms. The minimum atomic E-state index is -0.973. The van der Waals surface area contributed by atoms with E-state index in [2.05, 4.69) is 0 Å². The molecule has 136 valence electrons. The summed E-state index contributed by atoms with van der Waals surface area (Å²) >= 11 is 0. The van der Waals surface area contributed by atoms with E-state index in [4.69, 9.17) is 0 Å². The summed E-state index contributed by atoms with van der Waals surface area (Å²) < 4.78 is 14.0. The Kier molecular flexibility index (Phi) is 5.07. The lowest BCUT2D eigenvalue weighted by atomic mass is 9.72. The number of aliphatic carboxylic acids is 1. The van der Waals surface area contributed by atoms with Gasteiger partial charge in [0, 0.05) is 13.1 Å². The van der Waals surface area contributed by atoms with Crippen LogP contribution >= 0.6 is 0 Å². The van der Waals surface area contributed by atoms with E-state index in [0.717, 1.165) is 5.56 Å². The van der Waals surface area contributed by atoms with Crippen molar-refractivity contribution in [3.05, 3.63) is 71.5 Å². The van der Waals surface area contributed by atoms with Crippen molar-refractivity contribution < 1.29 is 19.1 Å². The van der Waals surface area contributed by atoms with E-state index in [1.165, 1.54) is 6.07 Å². The zero-order valence-electron chi connectivity index (χ0n) is 14.7. The molecule has 5 heteroatoms. The van der Waals surface area contributed by atoms with Crippen molar-refractivity contribution in [2.75, 3.05) is 13.1 Å². The Morgan fingerprint density at radius 3 is 2.19 bits per heavy atom. The quantitative estimate of drug-likeness (QED) is 0.912. The summed E-state index contributed by atoms with van der Waals surface area (Å²) in [6.07, 6.45) is 0.699. The van der Waals surface area contributed by atoms with Crippen LogP contribution in [0.3, 0.4) is 0 Å². The number of nitrogens with zero attached hydrogens (tertiary/aromatic N) is 1. The molecule has 0 bridgehead atoms. The van der Waals surface area contributed by atoms with Gasteiger partial charge >= 0.3 is 5.97 Å². The van der Waals surface area contributed by atoms with Gasteiger partial charge in [-0.3, -0.25) is 9.59 Å². The molecule has 4 nitrogen and oxygen atoms in total. The van der Waals surface area contributed by atoms with Crippen LogP contribution in [0, 0.1) is 5.82 Å². The van der Waals surface area contributed by atoms with Crippen LogP contribution in [0.25, 0.3) is 0 Å². The number of carbonyl (C=O) groups excluding carboxylic acids is 1.